The fourth-order valence-electron chi connectivity index (χ4n) is 11.5. The Morgan fingerprint density at radius 2 is 1.53 bits per heavy atom. The van der Waals surface area contributed by atoms with Gasteiger partial charge < -0.3 is 14.7 Å². The minimum Gasteiger partial charge on any atom is -0.371 e. The van der Waals surface area contributed by atoms with Crippen molar-refractivity contribution in [2.45, 2.75) is 94.8 Å². The molecule has 6 aliphatic rings. The number of aromatic nitrogens is 2. The van der Waals surface area contributed by atoms with Crippen LogP contribution in [-0.2, 0) is 19.8 Å². The summed E-state index contributed by atoms with van der Waals surface area (Å²) in [6.45, 7) is 5.52. The third kappa shape index (κ3) is 6.78. The zero-order chi connectivity index (χ0) is 41.3. The molecule has 1 aliphatic carbocycles. The van der Waals surface area contributed by atoms with E-state index < -0.39 is 29.1 Å². The normalized spacial score (nSPS) is 22.6. The zero-order valence-corrected chi connectivity index (χ0v) is 35.5. The SMILES string of the molecule is O=C(C1CCN(c2cc(F)c(N3C(=O)CCCC3=O)c(F)c2)CC1)N1CC[C@H](CN2CCC(c3ccc4c(c3)-n3c(nc(=O)c5c(Br)cccc53)C43CCCCC3)CC2)C1. The van der Waals surface area contributed by atoms with Crippen molar-refractivity contribution in [2.24, 2.45) is 11.8 Å². The van der Waals surface area contributed by atoms with Crippen LogP contribution in [0.2, 0.25) is 0 Å². The van der Waals surface area contributed by atoms with Crippen molar-refractivity contribution in [1.82, 2.24) is 19.4 Å². The predicted molar refractivity (Wildman–Crippen MR) is 230 cm³/mol. The van der Waals surface area contributed by atoms with E-state index in [9.17, 15) is 19.2 Å². The maximum absolute atomic E-state index is 15.2. The summed E-state index contributed by atoms with van der Waals surface area (Å²) in [7, 11) is 0. The highest BCUT2D eigenvalue weighted by molar-refractivity contribution is 9.10. The number of carbonyl (C=O) groups excluding carboxylic acids is 3. The first-order valence-corrected chi connectivity index (χ1v) is 22.9. The van der Waals surface area contributed by atoms with Gasteiger partial charge in [-0.05, 0) is 134 Å². The topological polar surface area (TPSA) is 99.1 Å². The predicted octanol–water partition coefficient (Wildman–Crippen LogP) is 7.98. The highest BCUT2D eigenvalue weighted by Gasteiger charge is 2.47. The van der Waals surface area contributed by atoms with Crippen molar-refractivity contribution in [2.75, 3.05) is 55.6 Å². The number of likely N-dealkylation sites (tertiary alicyclic amines) is 2. The van der Waals surface area contributed by atoms with E-state index in [1.54, 1.807) is 0 Å². The molecule has 1 saturated carbocycles. The lowest BCUT2D eigenvalue weighted by molar-refractivity contribution is -0.135. The molecular weight excluding hydrogens is 830 g/mol. The molecular formula is C47H51BrF2N6O4. The number of carbonyl (C=O) groups is 3. The molecule has 0 bridgehead atoms. The summed E-state index contributed by atoms with van der Waals surface area (Å²) in [6.07, 6.45) is 10.4. The van der Waals surface area contributed by atoms with Crippen LogP contribution in [0.25, 0.3) is 16.6 Å². The van der Waals surface area contributed by atoms with Crippen molar-refractivity contribution in [3.05, 3.63) is 91.9 Å². The molecule has 0 radical (unpaired) electrons. The van der Waals surface area contributed by atoms with Gasteiger partial charge in [-0.25, -0.2) is 13.7 Å². The molecule has 5 fully saturated rings. The van der Waals surface area contributed by atoms with Gasteiger partial charge in [0.15, 0.2) is 11.6 Å². The molecule has 4 saturated heterocycles. The molecule has 1 atom stereocenters. The van der Waals surface area contributed by atoms with Crippen LogP contribution in [0, 0.1) is 23.5 Å². The third-order valence-corrected chi connectivity index (χ3v) is 15.3. The smallest absolute Gasteiger partial charge is 0.281 e. The Hall–Kier alpha value is -4.49. The van der Waals surface area contributed by atoms with Crippen molar-refractivity contribution in [3.8, 4) is 5.69 Å². The maximum atomic E-state index is 15.2. The van der Waals surface area contributed by atoms with Crippen LogP contribution >= 0.6 is 15.9 Å². The number of fused-ring (bicyclic) bond motifs is 7. The monoisotopic (exact) mass is 880 g/mol. The van der Waals surface area contributed by atoms with Gasteiger partial charge in [0.05, 0.1) is 22.0 Å². The van der Waals surface area contributed by atoms with Gasteiger partial charge in [-0.2, -0.15) is 4.98 Å². The van der Waals surface area contributed by atoms with E-state index in [1.165, 1.54) is 35.4 Å². The number of nitrogens with zero attached hydrogens (tertiary/aromatic N) is 6. The summed E-state index contributed by atoms with van der Waals surface area (Å²) in [5.41, 5.74) is 4.17. The average molecular weight is 882 g/mol. The molecule has 60 heavy (non-hydrogen) atoms. The van der Waals surface area contributed by atoms with Gasteiger partial charge in [0.25, 0.3) is 5.56 Å². The van der Waals surface area contributed by atoms with Crippen LogP contribution in [-0.4, -0.2) is 82.9 Å². The standard InChI is InChI=1S/C47H51BrF2N6O4/c48-35-6-4-7-38-42(35)44(59)51-46-47(17-2-1-3-18-47)34-11-10-32(24-39(34)55(38)46)30-13-19-52(20-14-30)27-29-12-21-54(28-29)45(60)31-15-22-53(23-16-31)33-25-36(49)43(37(50)26-33)56-40(57)8-5-9-41(56)58/h4,6-7,10-11,24-26,29-31H,1-3,5,8-9,12-23,27-28H2/t29-/m1/s1. The van der Waals surface area contributed by atoms with Gasteiger partial charge in [0.1, 0.15) is 11.5 Å². The van der Waals surface area contributed by atoms with Crippen LogP contribution in [0.1, 0.15) is 106 Å². The maximum Gasteiger partial charge on any atom is 0.281 e. The van der Waals surface area contributed by atoms with Crippen LogP contribution in [0.5, 0.6) is 0 Å². The first kappa shape index (κ1) is 39.6. The number of imide groups is 1. The molecule has 3 aromatic carbocycles. The summed E-state index contributed by atoms with van der Waals surface area (Å²) in [4.78, 5) is 63.8. The molecule has 5 aliphatic heterocycles. The number of anilines is 2. The molecule has 314 valence electrons. The number of benzene rings is 3. The Bertz CT molecular complexity index is 2410. The Kier molecular flexibility index (Phi) is 10.4. The Labute approximate surface area is 357 Å². The second-order valence-corrected chi connectivity index (χ2v) is 19.0. The average Bonchev–Trinajstić information content (AvgIpc) is 3.82. The molecule has 1 spiro atoms. The van der Waals surface area contributed by atoms with E-state index in [-0.39, 0.29) is 35.6 Å². The van der Waals surface area contributed by atoms with Gasteiger partial charge >= 0.3 is 0 Å². The lowest BCUT2D eigenvalue weighted by Crippen LogP contribution is -2.43. The molecule has 3 amide bonds. The second-order valence-electron chi connectivity index (χ2n) is 18.1. The lowest BCUT2D eigenvalue weighted by atomic mass is 9.69. The summed E-state index contributed by atoms with van der Waals surface area (Å²) in [5, 5.41) is 0.638. The molecule has 0 unspecified atom stereocenters. The van der Waals surface area contributed by atoms with Crippen molar-refractivity contribution >= 4 is 55.9 Å². The van der Waals surface area contributed by atoms with Crippen LogP contribution in [0.4, 0.5) is 20.2 Å². The number of amides is 3. The van der Waals surface area contributed by atoms with Crippen molar-refractivity contribution in [1.29, 1.82) is 0 Å². The summed E-state index contributed by atoms with van der Waals surface area (Å²) in [5.74, 6) is -1.19. The van der Waals surface area contributed by atoms with E-state index in [1.807, 2.05) is 21.9 Å². The number of hydrogen-bond acceptors (Lipinski definition) is 7. The van der Waals surface area contributed by atoms with E-state index in [0.717, 1.165) is 93.5 Å². The van der Waals surface area contributed by atoms with E-state index in [0.29, 0.717) is 60.2 Å². The number of halogens is 3. The Morgan fingerprint density at radius 1 is 0.817 bits per heavy atom. The largest absolute Gasteiger partial charge is 0.371 e. The summed E-state index contributed by atoms with van der Waals surface area (Å²) < 4.78 is 33.5. The van der Waals surface area contributed by atoms with E-state index >= 15 is 8.78 Å². The molecule has 6 heterocycles. The zero-order valence-electron chi connectivity index (χ0n) is 33.9. The second kappa shape index (κ2) is 15.8. The van der Waals surface area contributed by atoms with Gasteiger partial charge in [0.2, 0.25) is 17.7 Å². The molecule has 10 rings (SSSR count). The first-order valence-electron chi connectivity index (χ1n) is 22.1. The van der Waals surface area contributed by atoms with Crippen molar-refractivity contribution < 1.29 is 23.2 Å². The van der Waals surface area contributed by atoms with Gasteiger partial charge in [-0.15, -0.1) is 0 Å². The minimum absolute atomic E-state index is 0.0830. The molecule has 10 nitrogen and oxygen atoms in total. The number of rotatable bonds is 6. The van der Waals surface area contributed by atoms with E-state index in [4.69, 9.17) is 4.98 Å². The molecule has 13 heteroatoms. The van der Waals surface area contributed by atoms with Gasteiger partial charge in [-0.1, -0.05) is 37.5 Å². The first-order chi connectivity index (χ1) is 29.1. The summed E-state index contributed by atoms with van der Waals surface area (Å²) >= 11 is 3.64. The van der Waals surface area contributed by atoms with Gasteiger partial charge in [-0.3, -0.25) is 23.7 Å². The number of piperidine rings is 3. The fraction of sp³-hybridized carbons (Fsp3) is 0.511. The minimum atomic E-state index is -0.930. The fourth-order valence-corrected chi connectivity index (χ4v) is 12.1. The molecule has 0 N–H and O–H groups in total. The summed E-state index contributed by atoms with van der Waals surface area (Å²) in [6, 6.07) is 15.5. The van der Waals surface area contributed by atoms with E-state index in [2.05, 4.69) is 49.7 Å². The highest BCUT2D eigenvalue weighted by atomic mass is 79.9. The third-order valence-electron chi connectivity index (χ3n) is 14.7. The van der Waals surface area contributed by atoms with Crippen LogP contribution in [0.15, 0.2) is 57.8 Å². The Morgan fingerprint density at radius 3 is 2.25 bits per heavy atom. The Balaban J connectivity index is 0.748. The van der Waals surface area contributed by atoms with Crippen LogP contribution < -0.4 is 15.4 Å². The molecule has 1 aromatic heterocycles. The number of hydrogen-bond donors (Lipinski definition) is 0. The quantitative estimate of drug-likeness (QED) is 0.181. The van der Waals surface area contributed by atoms with Gasteiger partial charge in [0, 0.05) is 61.6 Å². The lowest BCUT2D eigenvalue weighted by Gasteiger charge is -2.35. The molecule has 4 aromatic rings. The van der Waals surface area contributed by atoms with Crippen molar-refractivity contribution in [3.63, 3.8) is 0 Å². The highest BCUT2D eigenvalue weighted by Crippen LogP contribution is 2.52. The van der Waals surface area contributed by atoms with Crippen LogP contribution in [0.3, 0.4) is 0 Å².